The molecular weight excluding hydrogens is 472 g/mol. The number of hydroxylamine groups is 1. The van der Waals surface area contributed by atoms with Crippen molar-refractivity contribution < 1.29 is 19.6 Å². The lowest BCUT2D eigenvalue weighted by molar-refractivity contribution is -0.130. The summed E-state index contributed by atoms with van der Waals surface area (Å²) in [6.45, 7) is 3.93. The van der Waals surface area contributed by atoms with Crippen molar-refractivity contribution in [2.75, 3.05) is 51.6 Å². The normalized spacial score (nSPS) is 14.2. The predicted octanol–water partition coefficient (Wildman–Crippen LogP) is -0.162. The monoisotopic (exact) mass is 502 g/mol. The molecule has 3 rings (SSSR count). The Bertz CT molecular complexity index is 1210. The van der Waals surface area contributed by atoms with Crippen LogP contribution in [0.25, 0.3) is 0 Å². The van der Waals surface area contributed by atoms with E-state index >= 15 is 0 Å². The average Bonchev–Trinajstić information content (AvgIpc) is 2.91. The molecule has 2 aromatic carbocycles. The minimum Gasteiger partial charge on any atom is -0.339 e. The molecule has 10 heteroatoms. The molecule has 0 spiro atoms. The van der Waals surface area contributed by atoms with Crippen LogP contribution in [0.15, 0.2) is 48.5 Å². The van der Waals surface area contributed by atoms with E-state index in [4.69, 9.17) is 10.9 Å². The number of hydrogen-bond donors (Lipinski definition) is 5. The lowest BCUT2D eigenvalue weighted by Gasteiger charge is -2.31. The summed E-state index contributed by atoms with van der Waals surface area (Å²) in [5.74, 6) is 10.1. The van der Waals surface area contributed by atoms with E-state index in [2.05, 4.69) is 51.2 Å². The Balaban J connectivity index is 1.49. The van der Waals surface area contributed by atoms with Gasteiger partial charge in [0.2, 0.25) is 5.91 Å². The summed E-state index contributed by atoms with van der Waals surface area (Å²) in [6.07, 6.45) is 0. The lowest BCUT2D eigenvalue weighted by Crippen LogP contribution is -2.50. The van der Waals surface area contributed by atoms with Crippen LogP contribution in [0.1, 0.15) is 21.5 Å². The van der Waals surface area contributed by atoms with Gasteiger partial charge in [0.15, 0.2) is 0 Å². The van der Waals surface area contributed by atoms with Gasteiger partial charge in [-0.3, -0.25) is 24.5 Å². The number of benzene rings is 2. The quantitative estimate of drug-likeness (QED) is 0.201. The van der Waals surface area contributed by atoms with Gasteiger partial charge >= 0.3 is 0 Å². The first kappa shape index (κ1) is 27.4. The van der Waals surface area contributed by atoms with Crippen molar-refractivity contribution >= 4 is 23.4 Å². The maximum Gasteiger partial charge on any atom is 0.267 e. The summed E-state index contributed by atoms with van der Waals surface area (Å²) in [4.78, 5) is 40.4. The molecule has 1 atom stereocenters. The summed E-state index contributed by atoms with van der Waals surface area (Å²) in [5.41, 5.74) is 9.35. The highest BCUT2D eigenvalue weighted by atomic mass is 16.5. The Morgan fingerprint density at radius 1 is 0.946 bits per heavy atom. The summed E-state index contributed by atoms with van der Waals surface area (Å²) in [6, 6.07) is 12.7. The summed E-state index contributed by atoms with van der Waals surface area (Å²) in [5, 5.41) is 14.0. The predicted molar refractivity (Wildman–Crippen MR) is 139 cm³/mol. The summed E-state index contributed by atoms with van der Waals surface area (Å²) < 4.78 is 0. The largest absolute Gasteiger partial charge is 0.339 e. The molecule has 10 nitrogen and oxygen atoms in total. The molecule has 0 radical (unpaired) electrons. The van der Waals surface area contributed by atoms with E-state index in [-0.39, 0.29) is 12.5 Å². The van der Waals surface area contributed by atoms with Gasteiger partial charge < -0.3 is 21.3 Å². The molecule has 37 heavy (non-hydrogen) atoms. The fourth-order valence-electron chi connectivity index (χ4n) is 3.51. The van der Waals surface area contributed by atoms with Crippen molar-refractivity contribution in [3.05, 3.63) is 65.2 Å². The fraction of sp³-hybridized carbons (Fsp3) is 0.296. The van der Waals surface area contributed by atoms with Crippen LogP contribution >= 0.6 is 0 Å². The van der Waals surface area contributed by atoms with Crippen molar-refractivity contribution in [2.24, 2.45) is 5.73 Å². The standard InChI is InChI=1S/C27H30N6O4/c1-32-14-16-33(17-15-32)19-25(34)29-23-12-8-21(9-13-23)5-3-2-4-20-6-10-22(11-7-20)26(35)30-24(18-28)27(36)31-37/h6-13,24,37H,14-19,28H2,1H3,(H,29,34)(H,30,35)(H,31,36)/t24-/m0/s1. The molecule has 1 fully saturated rings. The summed E-state index contributed by atoms with van der Waals surface area (Å²) >= 11 is 0. The van der Waals surface area contributed by atoms with Crippen molar-refractivity contribution in [3.8, 4) is 23.7 Å². The highest BCUT2D eigenvalue weighted by molar-refractivity contribution is 5.97. The van der Waals surface area contributed by atoms with Gasteiger partial charge in [-0.15, -0.1) is 0 Å². The van der Waals surface area contributed by atoms with Crippen LogP contribution in [0, 0.1) is 23.7 Å². The number of carbonyl (C=O) groups is 3. The third kappa shape index (κ3) is 8.76. The second-order valence-electron chi connectivity index (χ2n) is 8.52. The van der Waals surface area contributed by atoms with Crippen molar-refractivity contribution in [2.45, 2.75) is 6.04 Å². The number of amides is 3. The Morgan fingerprint density at radius 3 is 2.05 bits per heavy atom. The molecular formula is C27H30N6O4. The third-order valence-electron chi connectivity index (χ3n) is 5.72. The Hall–Kier alpha value is -4.19. The van der Waals surface area contributed by atoms with Crippen LogP contribution in [0.5, 0.6) is 0 Å². The number of rotatable bonds is 7. The van der Waals surface area contributed by atoms with Gasteiger partial charge in [-0.2, -0.15) is 0 Å². The van der Waals surface area contributed by atoms with E-state index < -0.39 is 17.9 Å². The number of nitrogens with one attached hydrogen (secondary N) is 3. The number of likely N-dealkylation sites (N-methyl/N-ethyl adjacent to an activating group) is 1. The number of carbonyl (C=O) groups excluding carboxylic acids is 3. The molecule has 6 N–H and O–H groups in total. The van der Waals surface area contributed by atoms with Gasteiger partial charge in [-0.1, -0.05) is 11.8 Å². The van der Waals surface area contributed by atoms with E-state index in [1.165, 1.54) is 5.48 Å². The molecule has 1 saturated heterocycles. The number of anilines is 1. The molecule has 0 unspecified atom stereocenters. The molecule has 0 saturated carbocycles. The number of piperazine rings is 1. The van der Waals surface area contributed by atoms with Gasteiger partial charge in [0, 0.05) is 55.1 Å². The minimum absolute atomic E-state index is 0.0346. The highest BCUT2D eigenvalue weighted by Gasteiger charge is 2.19. The van der Waals surface area contributed by atoms with Gasteiger partial charge in [-0.05, 0) is 67.4 Å². The van der Waals surface area contributed by atoms with Crippen LogP contribution in [0.2, 0.25) is 0 Å². The van der Waals surface area contributed by atoms with Gasteiger partial charge in [-0.25, -0.2) is 5.48 Å². The number of hydrogen-bond acceptors (Lipinski definition) is 7. The zero-order valence-corrected chi connectivity index (χ0v) is 20.6. The Morgan fingerprint density at radius 2 is 1.51 bits per heavy atom. The van der Waals surface area contributed by atoms with E-state index in [0.717, 1.165) is 37.4 Å². The van der Waals surface area contributed by atoms with Crippen LogP contribution in [-0.2, 0) is 9.59 Å². The molecule has 0 aromatic heterocycles. The molecule has 0 aliphatic carbocycles. The van der Waals surface area contributed by atoms with Crippen molar-refractivity contribution in [1.82, 2.24) is 20.6 Å². The second-order valence-corrected chi connectivity index (χ2v) is 8.52. The molecule has 1 heterocycles. The third-order valence-corrected chi connectivity index (χ3v) is 5.72. The first-order valence-electron chi connectivity index (χ1n) is 11.8. The molecule has 3 amide bonds. The average molecular weight is 503 g/mol. The Labute approximate surface area is 216 Å². The molecule has 1 aliphatic rings. The summed E-state index contributed by atoms with van der Waals surface area (Å²) in [7, 11) is 2.08. The van der Waals surface area contributed by atoms with Crippen molar-refractivity contribution in [1.29, 1.82) is 0 Å². The Kier molecular flexibility index (Phi) is 10.2. The van der Waals surface area contributed by atoms with Crippen LogP contribution in [0.4, 0.5) is 5.69 Å². The van der Waals surface area contributed by atoms with Gasteiger partial charge in [0.05, 0.1) is 6.54 Å². The smallest absolute Gasteiger partial charge is 0.267 e. The van der Waals surface area contributed by atoms with Gasteiger partial charge in [0.1, 0.15) is 6.04 Å². The maximum absolute atomic E-state index is 12.3. The molecule has 0 bridgehead atoms. The molecule has 1 aliphatic heterocycles. The first-order valence-corrected chi connectivity index (χ1v) is 11.8. The molecule has 192 valence electrons. The topological polar surface area (TPSA) is 140 Å². The van der Waals surface area contributed by atoms with E-state index in [1.54, 1.807) is 24.3 Å². The zero-order chi connectivity index (χ0) is 26.6. The minimum atomic E-state index is -1.04. The van der Waals surface area contributed by atoms with Crippen molar-refractivity contribution in [3.63, 3.8) is 0 Å². The first-order chi connectivity index (χ1) is 17.9. The van der Waals surface area contributed by atoms with Gasteiger partial charge in [0.25, 0.3) is 11.8 Å². The zero-order valence-electron chi connectivity index (χ0n) is 20.6. The second kappa shape index (κ2) is 13.8. The highest BCUT2D eigenvalue weighted by Crippen LogP contribution is 2.09. The van der Waals surface area contributed by atoms with Crippen LogP contribution < -0.4 is 21.8 Å². The SMILES string of the molecule is CN1CCN(CC(=O)Nc2ccc(C#CC#Cc3ccc(C(=O)N[C@@H](CN)C(=O)NO)cc3)cc2)CC1. The molecule has 2 aromatic rings. The van der Waals surface area contributed by atoms with E-state index in [0.29, 0.717) is 17.7 Å². The van der Waals surface area contributed by atoms with E-state index in [9.17, 15) is 14.4 Å². The van der Waals surface area contributed by atoms with E-state index in [1.807, 2.05) is 24.3 Å². The number of nitrogens with zero attached hydrogens (tertiary/aromatic N) is 2. The fourth-order valence-corrected chi connectivity index (χ4v) is 3.51. The lowest BCUT2D eigenvalue weighted by atomic mass is 10.1. The van der Waals surface area contributed by atoms with Crippen LogP contribution in [-0.4, -0.2) is 85.1 Å². The number of nitrogens with two attached hydrogens (primary N) is 1. The maximum atomic E-state index is 12.3. The van der Waals surface area contributed by atoms with Crippen LogP contribution in [0.3, 0.4) is 0 Å².